The quantitative estimate of drug-likeness (QED) is 0.335. The van der Waals surface area contributed by atoms with Crippen molar-refractivity contribution in [3.8, 4) is 11.5 Å². The zero-order valence-corrected chi connectivity index (χ0v) is 23.9. The number of morpholine rings is 1. The summed E-state index contributed by atoms with van der Waals surface area (Å²) in [6.45, 7) is 5.34. The molecule has 2 aliphatic heterocycles. The molecule has 2 fully saturated rings. The minimum Gasteiger partial charge on any atom is -0.457 e. The van der Waals surface area contributed by atoms with Gasteiger partial charge in [0, 0.05) is 39.3 Å². The van der Waals surface area contributed by atoms with Crippen LogP contribution < -0.4 is 10.2 Å². The fourth-order valence-electron chi connectivity index (χ4n) is 4.73. The first-order chi connectivity index (χ1) is 18.0. The summed E-state index contributed by atoms with van der Waals surface area (Å²) in [7, 11) is -4.21. The molecule has 0 aliphatic carbocycles. The van der Waals surface area contributed by atoms with E-state index in [2.05, 4.69) is 9.80 Å². The molecule has 0 aromatic heterocycles. The Balaban J connectivity index is 0.00000280. The second-order valence-electron chi connectivity index (χ2n) is 9.33. The molecule has 40 heavy (non-hydrogen) atoms. The van der Waals surface area contributed by atoms with Gasteiger partial charge in [-0.25, -0.2) is 13.9 Å². The summed E-state index contributed by atoms with van der Waals surface area (Å²) in [4.78, 5) is 17.0. The van der Waals surface area contributed by atoms with Gasteiger partial charge in [0.2, 0.25) is 0 Å². The molecule has 4 rings (SSSR count). The van der Waals surface area contributed by atoms with Crippen LogP contribution in [0, 0.1) is 0 Å². The molecule has 2 saturated heterocycles. The van der Waals surface area contributed by atoms with Crippen molar-refractivity contribution >= 4 is 40.6 Å². The standard InChI is InChI=1S/C25H30F3N3O6S.2ClH/c26-25(27,28)19-1-3-20(4-2-19)37-21-5-7-22(8-6-21)38(34,35)24(23(32)29-33)9-11-30(12-10-24)13-14-31-15-17-36-18-16-31;;/h1-8,33H,9-18H2,(H,29,32);2*1H. The molecule has 0 atom stereocenters. The molecular formula is C25H32Cl2F3N3O6S. The van der Waals surface area contributed by atoms with Crippen molar-refractivity contribution in [1.82, 2.24) is 15.3 Å². The monoisotopic (exact) mass is 629 g/mol. The third kappa shape index (κ3) is 7.58. The molecule has 2 heterocycles. The van der Waals surface area contributed by atoms with E-state index in [0.717, 1.165) is 38.3 Å². The predicted octanol–water partition coefficient (Wildman–Crippen LogP) is 3.79. The lowest BCUT2D eigenvalue weighted by atomic mass is 9.95. The van der Waals surface area contributed by atoms with Gasteiger partial charge >= 0.3 is 6.18 Å². The maximum Gasteiger partial charge on any atom is 0.416 e. The Morgan fingerprint density at radius 1 is 0.900 bits per heavy atom. The number of hydroxylamine groups is 1. The van der Waals surface area contributed by atoms with Crippen molar-refractivity contribution in [3.05, 3.63) is 54.1 Å². The number of carbonyl (C=O) groups is 1. The number of nitrogens with one attached hydrogen (secondary N) is 1. The van der Waals surface area contributed by atoms with E-state index >= 15 is 0 Å². The predicted molar refractivity (Wildman–Crippen MR) is 145 cm³/mol. The number of amides is 1. The molecule has 9 nitrogen and oxygen atoms in total. The molecule has 15 heteroatoms. The maximum absolute atomic E-state index is 13.7. The molecule has 0 radical (unpaired) electrons. The summed E-state index contributed by atoms with van der Waals surface area (Å²) in [5, 5.41) is 9.39. The molecule has 2 N–H and O–H groups in total. The van der Waals surface area contributed by atoms with Crippen molar-refractivity contribution in [2.75, 3.05) is 52.5 Å². The number of alkyl halides is 3. The summed E-state index contributed by atoms with van der Waals surface area (Å²) in [6, 6.07) is 9.41. The molecule has 1 amide bonds. The Labute approximate surface area is 243 Å². The van der Waals surface area contributed by atoms with Crippen LogP contribution in [0.1, 0.15) is 18.4 Å². The summed E-state index contributed by atoms with van der Waals surface area (Å²) < 4.78 is 74.7. The summed E-state index contributed by atoms with van der Waals surface area (Å²) in [5.41, 5.74) is 0.732. The highest BCUT2D eigenvalue weighted by atomic mass is 35.5. The largest absolute Gasteiger partial charge is 0.457 e. The van der Waals surface area contributed by atoms with Gasteiger partial charge in [-0.3, -0.25) is 14.9 Å². The van der Waals surface area contributed by atoms with Crippen molar-refractivity contribution in [1.29, 1.82) is 0 Å². The summed E-state index contributed by atoms with van der Waals surface area (Å²) in [6.07, 6.45) is -4.45. The molecule has 224 valence electrons. The second-order valence-corrected chi connectivity index (χ2v) is 11.6. The highest BCUT2D eigenvalue weighted by Gasteiger charge is 2.52. The zero-order chi connectivity index (χ0) is 27.4. The number of hydrogen-bond acceptors (Lipinski definition) is 8. The summed E-state index contributed by atoms with van der Waals surface area (Å²) >= 11 is 0. The highest BCUT2D eigenvalue weighted by Crippen LogP contribution is 2.37. The summed E-state index contributed by atoms with van der Waals surface area (Å²) in [5.74, 6) is -0.619. The third-order valence-corrected chi connectivity index (χ3v) is 9.60. The molecule has 0 unspecified atom stereocenters. The molecule has 0 bridgehead atoms. The number of benzene rings is 2. The van der Waals surface area contributed by atoms with Crippen LogP contribution in [0.3, 0.4) is 0 Å². The Morgan fingerprint density at radius 3 is 1.85 bits per heavy atom. The first-order valence-electron chi connectivity index (χ1n) is 12.2. The number of likely N-dealkylation sites (tertiary alicyclic amines) is 1. The number of rotatable bonds is 8. The third-order valence-electron chi connectivity index (χ3n) is 7.08. The van der Waals surface area contributed by atoms with Crippen molar-refractivity contribution in [2.45, 2.75) is 28.7 Å². The average molecular weight is 631 g/mol. The van der Waals surface area contributed by atoms with E-state index in [1.54, 1.807) is 5.48 Å². The fourth-order valence-corrected chi connectivity index (χ4v) is 6.68. The van der Waals surface area contributed by atoms with Gasteiger partial charge < -0.3 is 14.4 Å². The first-order valence-corrected chi connectivity index (χ1v) is 13.7. The van der Waals surface area contributed by atoms with Gasteiger partial charge in [-0.05, 0) is 61.4 Å². The van der Waals surface area contributed by atoms with Gasteiger partial charge in [-0.2, -0.15) is 13.2 Å². The number of nitrogens with zero attached hydrogens (tertiary/aromatic N) is 2. The van der Waals surface area contributed by atoms with Gasteiger partial charge in [0.05, 0.1) is 23.7 Å². The van der Waals surface area contributed by atoms with Gasteiger partial charge in [-0.1, -0.05) is 0 Å². The van der Waals surface area contributed by atoms with Crippen LogP contribution in [0.15, 0.2) is 53.4 Å². The topological polar surface area (TPSA) is 108 Å². The van der Waals surface area contributed by atoms with E-state index in [0.29, 0.717) is 26.3 Å². The zero-order valence-electron chi connectivity index (χ0n) is 21.4. The highest BCUT2D eigenvalue weighted by molar-refractivity contribution is 7.93. The van der Waals surface area contributed by atoms with Gasteiger partial charge in [0.25, 0.3) is 5.91 Å². The Morgan fingerprint density at radius 2 is 1.38 bits per heavy atom. The fraction of sp³-hybridized carbons (Fsp3) is 0.480. The van der Waals surface area contributed by atoms with Gasteiger partial charge in [0.1, 0.15) is 11.5 Å². The lowest BCUT2D eigenvalue weighted by Gasteiger charge is -2.40. The van der Waals surface area contributed by atoms with Crippen LogP contribution in [0.2, 0.25) is 0 Å². The Hall–Kier alpha value is -2.13. The van der Waals surface area contributed by atoms with E-state index < -0.39 is 32.2 Å². The maximum atomic E-state index is 13.7. The number of ether oxygens (including phenoxy) is 2. The van der Waals surface area contributed by atoms with Crippen LogP contribution in [-0.2, 0) is 25.5 Å². The molecule has 0 spiro atoms. The number of sulfone groups is 1. The van der Waals surface area contributed by atoms with E-state index in [1.165, 1.54) is 36.4 Å². The smallest absolute Gasteiger partial charge is 0.416 e. The Kier molecular flexibility index (Phi) is 12.1. The van der Waals surface area contributed by atoms with Gasteiger partial charge in [-0.15, -0.1) is 24.8 Å². The van der Waals surface area contributed by atoms with Crippen molar-refractivity contribution in [3.63, 3.8) is 0 Å². The minimum absolute atomic E-state index is 0. The van der Waals surface area contributed by atoms with Crippen molar-refractivity contribution < 1.29 is 41.1 Å². The number of hydrogen-bond donors (Lipinski definition) is 2. The number of piperidine rings is 1. The van der Waals surface area contributed by atoms with Crippen molar-refractivity contribution in [2.24, 2.45) is 0 Å². The number of halogens is 5. The minimum atomic E-state index is -4.47. The van der Waals surface area contributed by atoms with Gasteiger partial charge in [0.15, 0.2) is 14.6 Å². The molecule has 2 aromatic rings. The van der Waals surface area contributed by atoms with Crippen LogP contribution in [-0.4, -0.2) is 86.6 Å². The van der Waals surface area contributed by atoms with Crippen LogP contribution >= 0.6 is 24.8 Å². The molecule has 2 aromatic carbocycles. The van der Waals surface area contributed by atoms with Crippen LogP contribution in [0.5, 0.6) is 11.5 Å². The number of carbonyl (C=O) groups excluding carboxylic acids is 1. The Bertz CT molecular complexity index is 1200. The van der Waals surface area contributed by atoms with E-state index in [1.807, 2.05) is 0 Å². The van der Waals surface area contributed by atoms with E-state index in [4.69, 9.17) is 9.47 Å². The van der Waals surface area contributed by atoms with E-state index in [-0.39, 0.29) is 54.1 Å². The SMILES string of the molecule is Cl.Cl.O=C(NO)C1(S(=O)(=O)c2ccc(Oc3ccc(C(F)(F)F)cc3)cc2)CCN(CCN2CCOCC2)CC1. The molecular weight excluding hydrogens is 598 g/mol. The molecule has 0 saturated carbocycles. The normalized spacial score (nSPS) is 18.2. The lowest BCUT2D eigenvalue weighted by Crippen LogP contribution is -2.58. The first kappa shape index (κ1) is 34.1. The lowest BCUT2D eigenvalue weighted by molar-refractivity contribution is -0.137. The molecule has 2 aliphatic rings. The van der Waals surface area contributed by atoms with E-state index in [9.17, 15) is 31.6 Å². The second kappa shape index (κ2) is 14.2. The van der Waals surface area contributed by atoms with Crippen LogP contribution in [0.4, 0.5) is 13.2 Å². The van der Waals surface area contributed by atoms with Crippen LogP contribution in [0.25, 0.3) is 0 Å². The average Bonchev–Trinajstić information content (AvgIpc) is 2.92.